The Balaban J connectivity index is 1.94. The van der Waals surface area contributed by atoms with Gasteiger partial charge < -0.3 is 19.1 Å². The molecule has 2 amide bonds. The fraction of sp³-hybridized carbons (Fsp3) is 0.556. The molecule has 1 saturated heterocycles. The van der Waals surface area contributed by atoms with Gasteiger partial charge in [-0.2, -0.15) is 21.6 Å². The van der Waals surface area contributed by atoms with Gasteiger partial charge in [0.2, 0.25) is 0 Å². The molecule has 3 rings (SSSR count). The van der Waals surface area contributed by atoms with Crippen molar-refractivity contribution in [2.45, 2.75) is 50.8 Å². The smallest absolute Gasteiger partial charge is 0.444 e. The summed E-state index contributed by atoms with van der Waals surface area (Å²) in [6.45, 7) is 6.88. The number of carbonyl (C=O) groups is 2. The molecule has 1 aromatic carbocycles. The molecule has 0 unspecified atom stereocenters. The quantitative estimate of drug-likeness (QED) is 0.549. The Morgan fingerprint density at radius 1 is 1.20 bits per heavy atom. The van der Waals surface area contributed by atoms with Crippen molar-refractivity contribution in [3.63, 3.8) is 0 Å². The Morgan fingerprint density at radius 3 is 2.40 bits per heavy atom. The monoisotopic (exact) mass is 450 g/mol. The lowest BCUT2D eigenvalue weighted by Gasteiger charge is -2.29. The molecule has 2 aliphatic heterocycles. The van der Waals surface area contributed by atoms with Crippen molar-refractivity contribution in [2.24, 2.45) is 0 Å². The SMILES string of the molecule is Cc1cc(OS(=O)(=O)C(F)(F)F)cc2c1C(=O)N[C@@H]1CN(C(=O)OC(C)(C)C)C[C@@H]21. The van der Waals surface area contributed by atoms with Crippen LogP contribution in [0.3, 0.4) is 0 Å². The first-order chi connectivity index (χ1) is 13.6. The Hall–Kier alpha value is -2.50. The van der Waals surface area contributed by atoms with Crippen LogP contribution in [-0.2, 0) is 14.9 Å². The lowest BCUT2D eigenvalue weighted by atomic mass is 9.84. The second-order valence-electron chi connectivity index (χ2n) is 8.26. The van der Waals surface area contributed by atoms with E-state index in [1.165, 1.54) is 11.8 Å². The van der Waals surface area contributed by atoms with Crippen molar-refractivity contribution in [3.8, 4) is 5.75 Å². The summed E-state index contributed by atoms with van der Waals surface area (Å²) in [7, 11) is -5.86. The summed E-state index contributed by atoms with van der Waals surface area (Å²) in [5.41, 5.74) is -5.51. The van der Waals surface area contributed by atoms with Gasteiger partial charge in [0.25, 0.3) is 5.91 Å². The number of rotatable bonds is 2. The highest BCUT2D eigenvalue weighted by atomic mass is 32.2. The molecule has 8 nitrogen and oxygen atoms in total. The zero-order valence-electron chi connectivity index (χ0n) is 16.7. The van der Waals surface area contributed by atoms with Gasteiger partial charge in [-0.15, -0.1) is 0 Å². The molecular weight excluding hydrogens is 429 g/mol. The normalized spacial score (nSPS) is 21.6. The third-order valence-corrected chi connectivity index (χ3v) is 5.72. The second kappa shape index (κ2) is 7.03. The Kier molecular flexibility index (Phi) is 5.20. The van der Waals surface area contributed by atoms with Crippen molar-refractivity contribution in [2.75, 3.05) is 13.1 Å². The minimum absolute atomic E-state index is 0.141. The molecule has 0 radical (unpaired) electrons. The number of halogens is 3. The highest BCUT2D eigenvalue weighted by molar-refractivity contribution is 7.88. The van der Waals surface area contributed by atoms with Gasteiger partial charge in [-0.25, -0.2) is 4.79 Å². The Labute approximate surface area is 171 Å². The van der Waals surface area contributed by atoms with Crippen molar-refractivity contribution in [3.05, 3.63) is 28.8 Å². The van der Waals surface area contributed by atoms with Crippen LogP contribution in [0.5, 0.6) is 5.75 Å². The highest BCUT2D eigenvalue weighted by Crippen LogP contribution is 2.39. The predicted octanol–water partition coefficient (Wildman–Crippen LogP) is 2.67. The molecule has 0 aromatic heterocycles. The number of hydrogen-bond acceptors (Lipinski definition) is 6. The van der Waals surface area contributed by atoms with E-state index in [1.54, 1.807) is 20.8 Å². The summed E-state index contributed by atoms with van der Waals surface area (Å²) in [6.07, 6.45) is -0.587. The first-order valence-electron chi connectivity index (χ1n) is 9.03. The van der Waals surface area contributed by atoms with E-state index >= 15 is 0 Å². The number of likely N-dealkylation sites (tertiary alicyclic amines) is 1. The minimum atomic E-state index is -5.86. The molecule has 12 heteroatoms. The third-order valence-electron chi connectivity index (χ3n) is 4.74. The maximum Gasteiger partial charge on any atom is 0.534 e. The first-order valence-corrected chi connectivity index (χ1v) is 10.4. The summed E-state index contributed by atoms with van der Waals surface area (Å²) in [5.74, 6) is -1.46. The molecule has 1 N–H and O–H groups in total. The van der Waals surface area contributed by atoms with Crippen molar-refractivity contribution >= 4 is 22.1 Å². The topological polar surface area (TPSA) is 102 Å². The molecule has 1 fully saturated rings. The number of aryl methyl sites for hydroxylation is 1. The third kappa shape index (κ3) is 4.18. The summed E-state index contributed by atoms with van der Waals surface area (Å²) in [5, 5.41) is 2.79. The van der Waals surface area contributed by atoms with Crippen LogP contribution in [0.25, 0.3) is 0 Å². The molecule has 2 heterocycles. The first kappa shape index (κ1) is 22.2. The Morgan fingerprint density at radius 2 is 1.83 bits per heavy atom. The van der Waals surface area contributed by atoms with Gasteiger partial charge in [-0.1, -0.05) is 0 Å². The standard InChI is InChI=1S/C18H21F3N2O6S/c1-9-5-10(29-30(26,27)18(19,20)21)6-11-12-7-23(16(25)28-17(2,3)4)8-13(12)22-15(24)14(9)11/h5-6,12-13H,7-8H2,1-4H3,(H,22,24)/t12-,13+/m0/s1. The number of amides is 2. The zero-order chi connectivity index (χ0) is 22.6. The van der Waals surface area contributed by atoms with E-state index in [1.807, 2.05) is 0 Å². The van der Waals surface area contributed by atoms with Crippen molar-refractivity contribution in [1.82, 2.24) is 10.2 Å². The van der Waals surface area contributed by atoms with Crippen LogP contribution in [0.1, 0.15) is 48.2 Å². The van der Waals surface area contributed by atoms with Gasteiger partial charge in [-0.3, -0.25) is 4.79 Å². The van der Waals surface area contributed by atoms with Gasteiger partial charge in [0.15, 0.2) is 0 Å². The van der Waals surface area contributed by atoms with E-state index in [-0.39, 0.29) is 24.2 Å². The van der Waals surface area contributed by atoms with Gasteiger partial charge >= 0.3 is 21.7 Å². The van der Waals surface area contributed by atoms with Crippen molar-refractivity contribution < 1.29 is 40.1 Å². The van der Waals surface area contributed by atoms with Crippen molar-refractivity contribution in [1.29, 1.82) is 0 Å². The van der Waals surface area contributed by atoms with E-state index in [4.69, 9.17) is 4.74 Å². The van der Waals surface area contributed by atoms with Crippen LogP contribution >= 0.6 is 0 Å². The lowest BCUT2D eigenvalue weighted by molar-refractivity contribution is -0.0500. The Bertz CT molecular complexity index is 1000. The van der Waals surface area contributed by atoms with Gasteiger partial charge in [0.1, 0.15) is 11.4 Å². The predicted molar refractivity (Wildman–Crippen MR) is 98.6 cm³/mol. The molecule has 2 aliphatic rings. The molecule has 0 saturated carbocycles. The van der Waals surface area contributed by atoms with E-state index in [0.29, 0.717) is 5.56 Å². The molecule has 0 aliphatic carbocycles. The molecular formula is C18H21F3N2O6S. The number of hydrogen-bond donors (Lipinski definition) is 1. The van der Waals surface area contributed by atoms with E-state index in [0.717, 1.165) is 12.1 Å². The minimum Gasteiger partial charge on any atom is -0.444 e. The molecule has 30 heavy (non-hydrogen) atoms. The van der Waals surface area contributed by atoms with Crippen LogP contribution in [0.4, 0.5) is 18.0 Å². The number of carbonyl (C=O) groups excluding carboxylic acids is 2. The summed E-state index contributed by atoms with van der Waals surface area (Å²) < 4.78 is 70.4. The average molecular weight is 450 g/mol. The van der Waals surface area contributed by atoms with Crippen LogP contribution in [0.2, 0.25) is 0 Å². The number of fused-ring (bicyclic) bond motifs is 3. The zero-order valence-corrected chi connectivity index (χ0v) is 17.5. The summed E-state index contributed by atoms with van der Waals surface area (Å²) in [4.78, 5) is 26.3. The number of nitrogens with zero attached hydrogens (tertiary/aromatic N) is 1. The molecule has 0 spiro atoms. The number of ether oxygens (including phenoxy) is 1. The van der Waals surface area contributed by atoms with E-state index in [9.17, 15) is 31.2 Å². The van der Waals surface area contributed by atoms with E-state index in [2.05, 4.69) is 9.50 Å². The maximum atomic E-state index is 12.7. The van der Waals surface area contributed by atoms with Gasteiger partial charge in [-0.05, 0) is 51.0 Å². The molecule has 166 valence electrons. The largest absolute Gasteiger partial charge is 0.534 e. The molecule has 1 aromatic rings. The highest BCUT2D eigenvalue weighted by Gasteiger charge is 2.49. The second-order valence-corrected chi connectivity index (χ2v) is 9.80. The van der Waals surface area contributed by atoms with Crippen LogP contribution in [0.15, 0.2) is 12.1 Å². The fourth-order valence-electron chi connectivity index (χ4n) is 3.59. The van der Waals surface area contributed by atoms with E-state index < -0.39 is 50.9 Å². The maximum absolute atomic E-state index is 12.7. The lowest BCUT2D eigenvalue weighted by Crippen LogP contribution is -2.45. The number of nitrogens with one attached hydrogen (secondary N) is 1. The fourth-order valence-corrected chi connectivity index (χ4v) is 4.03. The molecule has 2 atom stereocenters. The van der Waals surface area contributed by atoms with Gasteiger partial charge in [0, 0.05) is 24.6 Å². The van der Waals surface area contributed by atoms with Crippen LogP contribution in [-0.4, -0.2) is 55.6 Å². The number of benzene rings is 1. The number of alkyl halides is 3. The van der Waals surface area contributed by atoms with Gasteiger partial charge in [0.05, 0.1) is 6.04 Å². The summed E-state index contributed by atoms with van der Waals surface area (Å²) in [6, 6.07) is 1.68. The average Bonchev–Trinajstić information content (AvgIpc) is 2.95. The molecule has 0 bridgehead atoms. The summed E-state index contributed by atoms with van der Waals surface area (Å²) >= 11 is 0. The van der Waals surface area contributed by atoms with Crippen LogP contribution in [0, 0.1) is 6.92 Å². The van der Waals surface area contributed by atoms with Crippen LogP contribution < -0.4 is 9.50 Å².